The number of hydrogen-bond acceptors (Lipinski definition) is 17. The number of guanidine groups is 1. The predicted molar refractivity (Wildman–Crippen MR) is 367 cm³/mol. The van der Waals surface area contributed by atoms with Crippen molar-refractivity contribution in [1.82, 2.24) is 63.4 Å². The number of hydrogen-bond donors (Lipinski definition) is 17. The van der Waals surface area contributed by atoms with E-state index in [2.05, 4.69) is 63.5 Å². The molecule has 0 saturated carbocycles. The molecule has 1 aliphatic rings. The molecule has 4 rings (SSSR count). The van der Waals surface area contributed by atoms with Gasteiger partial charge in [0.2, 0.25) is 76.8 Å². The fourth-order valence-corrected chi connectivity index (χ4v) is 10.7. The lowest BCUT2D eigenvalue weighted by molar-refractivity contribution is -0.142. The second-order valence-electron chi connectivity index (χ2n) is 24.8. The van der Waals surface area contributed by atoms with Crippen molar-refractivity contribution >= 4 is 82.8 Å². The number of nitrogens with two attached hydrogens (primary N) is 5. The minimum atomic E-state index is -1.79. The number of likely N-dealkylation sites (tertiary alicyclic amines) is 1. The van der Waals surface area contributed by atoms with Crippen molar-refractivity contribution in [2.24, 2.45) is 45.5 Å². The third kappa shape index (κ3) is 29.6. The number of amides is 13. The van der Waals surface area contributed by atoms with Crippen LogP contribution in [0.5, 0.6) is 5.75 Å². The first-order valence-corrected chi connectivity index (χ1v) is 33.2. The summed E-state index contributed by atoms with van der Waals surface area (Å²) in [6.07, 6.45) is 1.17. The van der Waals surface area contributed by atoms with Gasteiger partial charge in [0.05, 0.1) is 25.6 Å². The van der Waals surface area contributed by atoms with Gasteiger partial charge >= 0.3 is 0 Å². The number of rotatable bonds is 43. The molecular formula is C67H100N18O14. The Bertz CT molecular complexity index is 3230. The van der Waals surface area contributed by atoms with E-state index in [-0.39, 0.29) is 82.1 Å². The maximum Gasteiger partial charge on any atom is 0.247 e. The van der Waals surface area contributed by atoms with Crippen molar-refractivity contribution in [3.05, 3.63) is 102 Å². The summed E-state index contributed by atoms with van der Waals surface area (Å²) in [7, 11) is 0. The molecule has 542 valence electrons. The SMILES string of the molecule is CC[C@H](C)[C@H](NC(=O)[C@H](CCCN=C(N)N)NC(=O)[C@@H](CC(N)=O)NC(=O)[C@H](CC(C)C)NC(=O)[C@H](Cc1ccccc1)NC(=O)CNC(=O)CNC(=O)[C@H](Cc1ccc(O)cc1)NCc1ccccc1)C(=O)N[C@@H](CNC(C)=O)C(=O)N1CCC[C@H]1C(=O)N[C@@H](CCCCN)C(N)=O. The van der Waals surface area contributed by atoms with Crippen molar-refractivity contribution in [3.8, 4) is 5.75 Å². The van der Waals surface area contributed by atoms with Gasteiger partial charge in [0, 0.05) is 39.5 Å². The molecule has 10 atom stereocenters. The second-order valence-corrected chi connectivity index (χ2v) is 24.8. The molecule has 13 amide bonds. The maximum absolute atomic E-state index is 14.6. The molecule has 3 aromatic rings. The fourth-order valence-electron chi connectivity index (χ4n) is 10.7. The number of carbonyl (C=O) groups is 13. The number of unbranched alkanes of at least 4 members (excludes halogenated alkanes) is 1. The Morgan fingerprint density at radius 3 is 1.75 bits per heavy atom. The highest BCUT2D eigenvalue weighted by Gasteiger charge is 2.41. The summed E-state index contributed by atoms with van der Waals surface area (Å²) in [6.45, 7) is 7.12. The Labute approximate surface area is 576 Å². The average molecular weight is 1380 g/mol. The summed E-state index contributed by atoms with van der Waals surface area (Å²) < 4.78 is 0. The number of primary amides is 2. The molecule has 1 aliphatic heterocycles. The van der Waals surface area contributed by atoms with Crippen LogP contribution in [0.15, 0.2) is 89.9 Å². The van der Waals surface area contributed by atoms with E-state index in [1.807, 2.05) is 30.3 Å². The molecule has 0 radical (unpaired) electrons. The molecule has 0 bridgehead atoms. The Hall–Kier alpha value is -10.2. The van der Waals surface area contributed by atoms with Crippen molar-refractivity contribution in [2.45, 2.75) is 173 Å². The maximum atomic E-state index is 14.6. The smallest absolute Gasteiger partial charge is 0.247 e. The van der Waals surface area contributed by atoms with E-state index < -0.39 is 163 Å². The third-order valence-corrected chi connectivity index (χ3v) is 16.3. The molecule has 0 unspecified atom stereocenters. The van der Waals surface area contributed by atoms with E-state index in [4.69, 9.17) is 28.7 Å². The van der Waals surface area contributed by atoms with Crippen LogP contribution in [0.25, 0.3) is 0 Å². The van der Waals surface area contributed by atoms with Crippen LogP contribution in [0.4, 0.5) is 0 Å². The van der Waals surface area contributed by atoms with Crippen LogP contribution in [0.1, 0.15) is 116 Å². The number of phenols is 1. The van der Waals surface area contributed by atoms with Crippen molar-refractivity contribution in [3.63, 3.8) is 0 Å². The van der Waals surface area contributed by atoms with Crippen LogP contribution in [-0.4, -0.2) is 186 Å². The first-order chi connectivity index (χ1) is 47.1. The standard InChI is InChI=1S/C67H100N18O14/c1-6-40(4)57(65(98)83-52(36-74-41(5)86)66(99)85-30-16-23-53(85)64(97)79-46(58(70)91)21-13-14-28-68)84-60(93)47(22-15-29-73-67(71)72)80-63(96)51(34-54(69)88)82-61(94)49(31-39(2)3)81-62(95)50(33-42-17-9-7-10-18-42)78-56(90)38-76-55(89)37-77-59(92)48(32-43-24-26-45(87)27-25-43)75-35-44-19-11-8-12-20-44/h7-12,17-20,24-27,39-40,46-53,57,75,87H,6,13-16,21-23,28-38,68H2,1-5H3,(H2,69,88)(H2,70,91)(H,74,86)(H,76,89)(H,77,92)(H,78,90)(H,79,97)(H,80,96)(H,81,95)(H,82,94)(H,83,98)(H,84,93)(H4,71,72,73)/t40-,46-,47-,48-,49-,50-,51+,52-,53-,57-/m0/s1. The molecule has 22 N–H and O–H groups in total. The molecule has 99 heavy (non-hydrogen) atoms. The molecule has 0 aliphatic carbocycles. The van der Waals surface area contributed by atoms with E-state index in [0.29, 0.717) is 37.9 Å². The number of nitrogens with one attached hydrogen (secondary N) is 11. The van der Waals surface area contributed by atoms with Crippen molar-refractivity contribution in [2.75, 3.05) is 39.3 Å². The highest BCUT2D eigenvalue weighted by Crippen LogP contribution is 2.21. The van der Waals surface area contributed by atoms with Crippen LogP contribution < -0.4 is 87.2 Å². The summed E-state index contributed by atoms with van der Waals surface area (Å²) in [5.41, 5.74) is 30.2. The van der Waals surface area contributed by atoms with E-state index in [1.54, 1.807) is 70.2 Å². The average Bonchev–Trinajstić information content (AvgIpc) is 1.76. The van der Waals surface area contributed by atoms with Crippen molar-refractivity contribution in [1.29, 1.82) is 0 Å². The highest BCUT2D eigenvalue weighted by molar-refractivity contribution is 6.00. The summed E-state index contributed by atoms with van der Waals surface area (Å²) in [5, 5.41) is 38.8. The van der Waals surface area contributed by atoms with Crippen LogP contribution >= 0.6 is 0 Å². The molecular weight excluding hydrogens is 1280 g/mol. The van der Waals surface area contributed by atoms with Crippen LogP contribution in [-0.2, 0) is 81.7 Å². The van der Waals surface area contributed by atoms with Gasteiger partial charge < -0.3 is 97.2 Å². The zero-order valence-corrected chi connectivity index (χ0v) is 56.9. The number of phenolic OH excluding ortho intramolecular Hbond substituents is 1. The zero-order chi connectivity index (χ0) is 73.1. The van der Waals surface area contributed by atoms with E-state index in [9.17, 15) is 67.4 Å². The summed E-state index contributed by atoms with van der Waals surface area (Å²) >= 11 is 0. The first-order valence-electron chi connectivity index (χ1n) is 33.2. The van der Waals surface area contributed by atoms with E-state index in [0.717, 1.165) is 11.1 Å². The molecule has 0 spiro atoms. The minimum Gasteiger partial charge on any atom is -0.508 e. The highest BCUT2D eigenvalue weighted by atomic mass is 16.3. The molecule has 0 aromatic heterocycles. The lowest BCUT2D eigenvalue weighted by atomic mass is 9.97. The predicted octanol–water partition coefficient (Wildman–Crippen LogP) is -3.28. The minimum absolute atomic E-state index is 0.0426. The van der Waals surface area contributed by atoms with Gasteiger partial charge in [-0.2, -0.15) is 0 Å². The quantitative estimate of drug-likeness (QED) is 0.0150. The summed E-state index contributed by atoms with van der Waals surface area (Å²) in [5.74, 6) is -11.9. The number of nitrogens with zero attached hydrogens (tertiary/aromatic N) is 2. The lowest BCUT2D eigenvalue weighted by Gasteiger charge is -2.32. The monoisotopic (exact) mass is 1380 g/mol. The largest absolute Gasteiger partial charge is 0.508 e. The number of benzene rings is 3. The number of aliphatic imine (C=N–C) groups is 1. The molecule has 3 aromatic carbocycles. The molecule has 1 saturated heterocycles. The van der Waals surface area contributed by atoms with Crippen LogP contribution in [0.3, 0.4) is 0 Å². The Balaban J connectivity index is 1.52. The molecule has 32 nitrogen and oxygen atoms in total. The summed E-state index contributed by atoms with van der Waals surface area (Å²) in [4.78, 5) is 183. The Morgan fingerprint density at radius 2 is 1.14 bits per heavy atom. The molecule has 1 heterocycles. The van der Waals surface area contributed by atoms with Gasteiger partial charge in [-0.15, -0.1) is 0 Å². The molecule has 1 fully saturated rings. The van der Waals surface area contributed by atoms with Gasteiger partial charge in [-0.25, -0.2) is 0 Å². The third-order valence-electron chi connectivity index (χ3n) is 16.3. The van der Waals surface area contributed by atoms with Crippen molar-refractivity contribution < 1.29 is 67.4 Å². The van der Waals surface area contributed by atoms with Gasteiger partial charge in [0.15, 0.2) is 5.96 Å². The number of aromatic hydroxyl groups is 1. The van der Waals surface area contributed by atoms with Gasteiger partial charge in [-0.1, -0.05) is 107 Å². The van der Waals surface area contributed by atoms with Crippen LogP contribution in [0.2, 0.25) is 0 Å². The first kappa shape index (κ1) is 81.2. The lowest BCUT2D eigenvalue weighted by Crippen LogP contribution is -2.62. The van der Waals surface area contributed by atoms with E-state index >= 15 is 0 Å². The van der Waals surface area contributed by atoms with E-state index in [1.165, 1.54) is 24.0 Å². The van der Waals surface area contributed by atoms with Gasteiger partial charge in [-0.3, -0.25) is 67.3 Å². The second kappa shape index (κ2) is 42.4. The van der Waals surface area contributed by atoms with Gasteiger partial charge in [0.25, 0.3) is 0 Å². The summed E-state index contributed by atoms with van der Waals surface area (Å²) in [6, 6.07) is 12.2. The number of carbonyl (C=O) groups excluding carboxylic acids is 13. The fraction of sp³-hybridized carbons (Fsp3) is 0.522. The molecule has 32 heteroatoms. The van der Waals surface area contributed by atoms with Crippen LogP contribution in [0, 0.1) is 11.8 Å². The van der Waals surface area contributed by atoms with Gasteiger partial charge in [-0.05, 0) is 105 Å². The Morgan fingerprint density at radius 1 is 0.576 bits per heavy atom. The Kier molecular flexibility index (Phi) is 34.8. The normalized spacial score (nSPS) is 15.3. The van der Waals surface area contributed by atoms with Gasteiger partial charge in [0.1, 0.15) is 54.1 Å². The topological polar surface area (TPSA) is 520 Å². The zero-order valence-electron chi connectivity index (χ0n) is 56.9.